The maximum atomic E-state index is 12.3. The molecule has 0 fully saturated rings. The van der Waals surface area contributed by atoms with E-state index in [1.807, 2.05) is 13.0 Å². The van der Waals surface area contributed by atoms with Gasteiger partial charge in [-0.05, 0) is 30.0 Å². The van der Waals surface area contributed by atoms with E-state index in [2.05, 4.69) is 4.74 Å². The lowest BCUT2D eigenvalue weighted by Crippen LogP contribution is -2.07. The number of hydrogen-bond donors (Lipinski definition) is 1. The molecule has 0 amide bonds. The van der Waals surface area contributed by atoms with Crippen molar-refractivity contribution in [2.24, 2.45) is 0 Å². The second kappa shape index (κ2) is 5.46. The third-order valence-corrected chi connectivity index (χ3v) is 3.38. The fourth-order valence-electron chi connectivity index (χ4n) is 1.70. The highest BCUT2D eigenvalue weighted by Crippen LogP contribution is 2.32. The van der Waals surface area contributed by atoms with Gasteiger partial charge in [-0.25, -0.2) is 0 Å². The number of thiophene rings is 1. The Morgan fingerprint density at radius 3 is 2.61 bits per heavy atom. The highest BCUT2D eigenvalue weighted by molar-refractivity contribution is 7.10. The molecule has 2 nitrogen and oxygen atoms in total. The van der Waals surface area contributed by atoms with E-state index in [4.69, 9.17) is 0 Å². The molecule has 0 aliphatic rings. The average molecular weight is 270 g/mol. The number of alkyl halides is 2. The quantitative estimate of drug-likeness (QED) is 0.917. The Morgan fingerprint density at radius 1 is 1.28 bits per heavy atom. The van der Waals surface area contributed by atoms with Crippen LogP contribution in [0.25, 0.3) is 0 Å². The van der Waals surface area contributed by atoms with Gasteiger partial charge < -0.3 is 9.84 Å². The predicted octanol–water partition coefficient (Wildman–Crippen LogP) is 3.74. The van der Waals surface area contributed by atoms with Gasteiger partial charge in [0.05, 0.1) is 0 Å². The van der Waals surface area contributed by atoms with Crippen molar-refractivity contribution in [3.8, 4) is 5.75 Å². The summed E-state index contributed by atoms with van der Waals surface area (Å²) in [5, 5.41) is 12.0. The summed E-state index contributed by atoms with van der Waals surface area (Å²) >= 11 is 1.50. The molecule has 0 aliphatic heterocycles. The molecule has 96 valence electrons. The van der Waals surface area contributed by atoms with Crippen molar-refractivity contribution >= 4 is 11.3 Å². The van der Waals surface area contributed by atoms with E-state index in [0.717, 1.165) is 4.88 Å². The first-order chi connectivity index (χ1) is 8.58. The number of aliphatic hydroxyl groups is 1. The Morgan fingerprint density at radius 2 is 2.00 bits per heavy atom. The minimum atomic E-state index is -2.90. The van der Waals surface area contributed by atoms with Crippen molar-refractivity contribution in [3.05, 3.63) is 51.7 Å². The molecule has 2 rings (SSSR count). The summed E-state index contributed by atoms with van der Waals surface area (Å²) in [6, 6.07) is 8.09. The molecule has 1 aromatic carbocycles. The van der Waals surface area contributed by atoms with E-state index >= 15 is 0 Å². The van der Waals surface area contributed by atoms with Gasteiger partial charge in [-0.15, -0.1) is 11.3 Å². The molecule has 1 heterocycles. The van der Waals surface area contributed by atoms with Crippen molar-refractivity contribution in [3.63, 3.8) is 0 Å². The first kappa shape index (κ1) is 13.0. The standard InChI is InChI=1S/C13H12F2O2S/c1-8-6-9(7-18-8)12(16)10-4-2-3-5-11(10)17-13(14)15/h2-7,12-13,16H,1H3. The molecule has 1 atom stereocenters. The number of halogens is 2. The van der Waals surface area contributed by atoms with Crippen LogP contribution in [0.5, 0.6) is 5.75 Å². The van der Waals surface area contributed by atoms with Crippen LogP contribution in [0.4, 0.5) is 8.78 Å². The SMILES string of the molecule is Cc1cc(C(O)c2ccccc2OC(F)F)cs1. The van der Waals surface area contributed by atoms with Crippen LogP contribution in [0.3, 0.4) is 0 Å². The summed E-state index contributed by atoms with van der Waals surface area (Å²) < 4.78 is 28.9. The lowest BCUT2D eigenvalue weighted by Gasteiger charge is -2.14. The van der Waals surface area contributed by atoms with Gasteiger partial charge in [-0.1, -0.05) is 18.2 Å². The van der Waals surface area contributed by atoms with Gasteiger partial charge >= 0.3 is 6.61 Å². The Hall–Kier alpha value is -1.46. The lowest BCUT2D eigenvalue weighted by molar-refractivity contribution is -0.0512. The van der Waals surface area contributed by atoms with E-state index in [9.17, 15) is 13.9 Å². The minimum Gasteiger partial charge on any atom is -0.434 e. The molecule has 0 bridgehead atoms. The molecule has 0 spiro atoms. The number of para-hydroxylation sites is 1. The molecule has 18 heavy (non-hydrogen) atoms. The number of aryl methyl sites for hydroxylation is 1. The Labute approximate surface area is 107 Å². The van der Waals surface area contributed by atoms with Gasteiger partial charge in [-0.3, -0.25) is 0 Å². The molecule has 2 aromatic rings. The van der Waals surface area contributed by atoms with Crippen LogP contribution in [-0.4, -0.2) is 11.7 Å². The first-order valence-corrected chi connectivity index (χ1v) is 6.22. The number of hydrogen-bond acceptors (Lipinski definition) is 3. The molecular weight excluding hydrogens is 258 g/mol. The zero-order chi connectivity index (χ0) is 13.1. The number of rotatable bonds is 4. The summed E-state index contributed by atoms with van der Waals surface area (Å²) in [7, 11) is 0. The Kier molecular flexibility index (Phi) is 3.93. The molecule has 5 heteroatoms. The van der Waals surface area contributed by atoms with Crippen LogP contribution in [0.15, 0.2) is 35.7 Å². The zero-order valence-electron chi connectivity index (χ0n) is 9.64. The monoisotopic (exact) mass is 270 g/mol. The molecule has 1 N–H and O–H groups in total. The van der Waals surface area contributed by atoms with Gasteiger partial charge in [0.2, 0.25) is 0 Å². The van der Waals surface area contributed by atoms with Gasteiger partial charge in [0.1, 0.15) is 11.9 Å². The number of aliphatic hydroxyl groups excluding tert-OH is 1. The van der Waals surface area contributed by atoms with E-state index in [1.165, 1.54) is 17.4 Å². The number of ether oxygens (including phenoxy) is 1. The second-order valence-corrected chi connectivity index (χ2v) is 4.92. The third kappa shape index (κ3) is 2.86. The first-order valence-electron chi connectivity index (χ1n) is 5.35. The molecular formula is C13H12F2O2S. The highest BCUT2D eigenvalue weighted by atomic mass is 32.1. The fraction of sp³-hybridized carbons (Fsp3) is 0.231. The van der Waals surface area contributed by atoms with Gasteiger partial charge in [-0.2, -0.15) is 8.78 Å². The van der Waals surface area contributed by atoms with Crippen LogP contribution in [-0.2, 0) is 0 Å². The highest BCUT2D eigenvalue weighted by Gasteiger charge is 2.18. The van der Waals surface area contributed by atoms with Crippen molar-refractivity contribution in [1.29, 1.82) is 0 Å². The van der Waals surface area contributed by atoms with Crippen LogP contribution < -0.4 is 4.74 Å². The van der Waals surface area contributed by atoms with E-state index in [0.29, 0.717) is 11.1 Å². The lowest BCUT2D eigenvalue weighted by atomic mass is 10.0. The smallest absolute Gasteiger partial charge is 0.387 e. The predicted molar refractivity (Wildman–Crippen MR) is 66.2 cm³/mol. The van der Waals surface area contributed by atoms with Gasteiger partial charge in [0.15, 0.2) is 0 Å². The largest absolute Gasteiger partial charge is 0.434 e. The van der Waals surface area contributed by atoms with Crippen LogP contribution in [0, 0.1) is 6.92 Å². The van der Waals surface area contributed by atoms with Crippen LogP contribution in [0.2, 0.25) is 0 Å². The molecule has 0 saturated heterocycles. The normalized spacial score (nSPS) is 12.7. The molecule has 1 aromatic heterocycles. The molecule has 1 unspecified atom stereocenters. The zero-order valence-corrected chi connectivity index (χ0v) is 10.5. The van der Waals surface area contributed by atoms with Crippen LogP contribution >= 0.6 is 11.3 Å². The summed E-state index contributed by atoms with van der Waals surface area (Å²) in [5.41, 5.74) is 1.03. The van der Waals surface area contributed by atoms with Crippen molar-refractivity contribution < 1.29 is 18.6 Å². The Bertz CT molecular complexity index is 525. The molecule has 0 radical (unpaired) electrons. The molecule has 0 saturated carbocycles. The summed E-state index contributed by atoms with van der Waals surface area (Å²) in [6.45, 7) is -0.981. The Balaban J connectivity index is 2.32. The second-order valence-electron chi connectivity index (χ2n) is 3.81. The summed E-state index contributed by atoms with van der Waals surface area (Å²) in [4.78, 5) is 1.05. The molecule has 0 aliphatic carbocycles. The third-order valence-electron chi connectivity index (χ3n) is 2.50. The van der Waals surface area contributed by atoms with E-state index in [1.54, 1.807) is 23.6 Å². The maximum Gasteiger partial charge on any atom is 0.387 e. The van der Waals surface area contributed by atoms with E-state index in [-0.39, 0.29) is 5.75 Å². The van der Waals surface area contributed by atoms with Crippen molar-refractivity contribution in [2.75, 3.05) is 0 Å². The minimum absolute atomic E-state index is 0.00357. The van der Waals surface area contributed by atoms with Gasteiger partial charge in [0, 0.05) is 10.4 Å². The number of benzene rings is 1. The summed E-state index contributed by atoms with van der Waals surface area (Å²) in [5.74, 6) is 0.00357. The van der Waals surface area contributed by atoms with Crippen LogP contribution in [0.1, 0.15) is 22.1 Å². The van der Waals surface area contributed by atoms with Crippen molar-refractivity contribution in [1.82, 2.24) is 0 Å². The summed E-state index contributed by atoms with van der Waals surface area (Å²) in [6.07, 6.45) is -0.954. The topological polar surface area (TPSA) is 29.5 Å². The van der Waals surface area contributed by atoms with Crippen molar-refractivity contribution in [2.45, 2.75) is 19.6 Å². The maximum absolute atomic E-state index is 12.3. The van der Waals surface area contributed by atoms with E-state index < -0.39 is 12.7 Å². The van der Waals surface area contributed by atoms with Gasteiger partial charge in [0.25, 0.3) is 0 Å². The fourth-order valence-corrected chi connectivity index (χ4v) is 2.42. The average Bonchev–Trinajstić information content (AvgIpc) is 2.75.